The van der Waals surface area contributed by atoms with Crippen LogP contribution in [0, 0.1) is 0 Å². The summed E-state index contributed by atoms with van der Waals surface area (Å²) < 4.78 is 0. The predicted molar refractivity (Wildman–Crippen MR) is 83.5 cm³/mol. The van der Waals surface area contributed by atoms with E-state index in [-0.39, 0.29) is 12.3 Å². The molecule has 1 aromatic carbocycles. The van der Waals surface area contributed by atoms with Crippen molar-refractivity contribution >= 4 is 23.5 Å². The predicted octanol–water partition coefficient (Wildman–Crippen LogP) is 3.42. The summed E-state index contributed by atoms with van der Waals surface area (Å²) in [7, 11) is 0. The molecular formula is C16H22ClNO3. The van der Waals surface area contributed by atoms with Gasteiger partial charge in [-0.1, -0.05) is 49.1 Å². The smallest absolute Gasteiger partial charge is 0.303 e. The van der Waals surface area contributed by atoms with Crippen LogP contribution >= 0.6 is 11.6 Å². The number of hydrogen-bond acceptors (Lipinski definition) is 2. The third-order valence-electron chi connectivity index (χ3n) is 3.20. The highest BCUT2D eigenvalue weighted by atomic mass is 35.5. The standard InChI is InChI=1S/C16H22ClNO3/c17-14-9-6-5-8-13(14)12-15(19)18-11-7-3-1-2-4-10-16(20)21/h5-6,8-9H,1-4,7,10-12H2,(H,18,19)(H,20,21). The van der Waals surface area contributed by atoms with E-state index in [4.69, 9.17) is 16.7 Å². The molecule has 0 heterocycles. The molecule has 116 valence electrons. The lowest BCUT2D eigenvalue weighted by atomic mass is 10.1. The molecule has 1 rings (SSSR count). The number of benzene rings is 1. The maximum Gasteiger partial charge on any atom is 0.303 e. The first kappa shape index (κ1) is 17.5. The maximum absolute atomic E-state index is 11.7. The van der Waals surface area contributed by atoms with E-state index >= 15 is 0 Å². The lowest BCUT2D eigenvalue weighted by molar-refractivity contribution is -0.137. The van der Waals surface area contributed by atoms with Crippen LogP contribution in [0.2, 0.25) is 5.02 Å². The van der Waals surface area contributed by atoms with E-state index in [1.165, 1.54) is 0 Å². The Morgan fingerprint density at radius 1 is 1.05 bits per heavy atom. The fraction of sp³-hybridized carbons (Fsp3) is 0.500. The molecule has 0 unspecified atom stereocenters. The lowest BCUT2D eigenvalue weighted by Gasteiger charge is -2.06. The SMILES string of the molecule is O=C(O)CCCCCCCNC(=O)Cc1ccccc1Cl. The van der Waals surface area contributed by atoms with Crippen LogP contribution in [0.4, 0.5) is 0 Å². The molecule has 0 aromatic heterocycles. The maximum atomic E-state index is 11.7. The van der Waals surface area contributed by atoms with Crippen molar-refractivity contribution in [2.24, 2.45) is 0 Å². The molecule has 0 aliphatic carbocycles. The Balaban J connectivity index is 2.04. The number of halogens is 1. The van der Waals surface area contributed by atoms with E-state index in [0.29, 0.717) is 18.0 Å². The summed E-state index contributed by atoms with van der Waals surface area (Å²) in [5.41, 5.74) is 0.838. The normalized spacial score (nSPS) is 10.3. The van der Waals surface area contributed by atoms with Gasteiger partial charge in [0.05, 0.1) is 6.42 Å². The number of aliphatic carboxylic acids is 1. The average Bonchev–Trinajstić information content (AvgIpc) is 2.44. The Bertz CT molecular complexity index is 463. The minimum absolute atomic E-state index is 0.0195. The molecule has 4 nitrogen and oxygen atoms in total. The van der Waals surface area contributed by atoms with Gasteiger partial charge in [-0.15, -0.1) is 0 Å². The number of amides is 1. The monoisotopic (exact) mass is 311 g/mol. The molecule has 0 radical (unpaired) electrons. The number of carboxylic acids is 1. The van der Waals surface area contributed by atoms with Crippen LogP contribution in [-0.2, 0) is 16.0 Å². The van der Waals surface area contributed by atoms with E-state index < -0.39 is 5.97 Å². The van der Waals surface area contributed by atoms with Gasteiger partial charge in [0, 0.05) is 18.0 Å². The molecule has 1 amide bonds. The third kappa shape index (κ3) is 8.35. The van der Waals surface area contributed by atoms with E-state index in [1.54, 1.807) is 6.07 Å². The van der Waals surface area contributed by atoms with Crippen molar-refractivity contribution in [3.05, 3.63) is 34.9 Å². The third-order valence-corrected chi connectivity index (χ3v) is 3.57. The van der Waals surface area contributed by atoms with Crippen molar-refractivity contribution in [1.82, 2.24) is 5.32 Å². The Morgan fingerprint density at radius 2 is 1.71 bits per heavy atom. The van der Waals surface area contributed by atoms with Gasteiger partial charge in [0.1, 0.15) is 0 Å². The zero-order valence-corrected chi connectivity index (χ0v) is 12.9. The highest BCUT2D eigenvalue weighted by Crippen LogP contribution is 2.15. The second-order valence-corrected chi connectivity index (χ2v) is 5.44. The minimum Gasteiger partial charge on any atom is -0.481 e. The highest BCUT2D eigenvalue weighted by molar-refractivity contribution is 6.31. The second-order valence-electron chi connectivity index (χ2n) is 5.03. The van der Waals surface area contributed by atoms with Gasteiger partial charge >= 0.3 is 5.97 Å². The summed E-state index contributed by atoms with van der Waals surface area (Å²) >= 11 is 6.00. The van der Waals surface area contributed by atoms with Crippen molar-refractivity contribution in [1.29, 1.82) is 0 Å². The molecule has 1 aromatic rings. The number of carboxylic acid groups (broad SMARTS) is 1. The van der Waals surface area contributed by atoms with Gasteiger partial charge < -0.3 is 10.4 Å². The van der Waals surface area contributed by atoms with Gasteiger partial charge in [-0.3, -0.25) is 9.59 Å². The Labute approximate surface area is 130 Å². The molecular weight excluding hydrogens is 290 g/mol. The second kappa shape index (κ2) is 10.2. The van der Waals surface area contributed by atoms with Crippen molar-refractivity contribution in [3.63, 3.8) is 0 Å². The molecule has 0 atom stereocenters. The van der Waals surface area contributed by atoms with Crippen LogP contribution in [0.25, 0.3) is 0 Å². The van der Waals surface area contributed by atoms with Crippen LogP contribution < -0.4 is 5.32 Å². The zero-order valence-electron chi connectivity index (χ0n) is 12.1. The van der Waals surface area contributed by atoms with Crippen LogP contribution in [0.1, 0.15) is 44.1 Å². The fourth-order valence-corrected chi connectivity index (χ4v) is 2.24. The fourth-order valence-electron chi connectivity index (χ4n) is 2.04. The van der Waals surface area contributed by atoms with Crippen LogP contribution in [0.15, 0.2) is 24.3 Å². The lowest BCUT2D eigenvalue weighted by Crippen LogP contribution is -2.26. The average molecular weight is 312 g/mol. The van der Waals surface area contributed by atoms with Gasteiger partial charge in [-0.2, -0.15) is 0 Å². The highest BCUT2D eigenvalue weighted by Gasteiger charge is 2.05. The summed E-state index contributed by atoms with van der Waals surface area (Å²) in [6.07, 6.45) is 5.14. The number of unbranched alkanes of at least 4 members (excludes halogenated alkanes) is 4. The number of hydrogen-bond donors (Lipinski definition) is 2. The largest absolute Gasteiger partial charge is 0.481 e. The molecule has 2 N–H and O–H groups in total. The van der Waals surface area contributed by atoms with Gasteiger partial charge in [-0.25, -0.2) is 0 Å². The zero-order chi connectivity index (χ0) is 15.5. The van der Waals surface area contributed by atoms with Gasteiger partial charge in [0.15, 0.2) is 0 Å². The van der Waals surface area contributed by atoms with Crippen molar-refractivity contribution < 1.29 is 14.7 Å². The summed E-state index contributed by atoms with van der Waals surface area (Å²) in [5, 5.41) is 12.0. The molecule has 0 bridgehead atoms. The van der Waals surface area contributed by atoms with E-state index in [0.717, 1.165) is 37.7 Å². The van der Waals surface area contributed by atoms with Crippen LogP contribution in [-0.4, -0.2) is 23.5 Å². The summed E-state index contributed by atoms with van der Waals surface area (Å²) in [5.74, 6) is -0.754. The Morgan fingerprint density at radius 3 is 2.43 bits per heavy atom. The van der Waals surface area contributed by atoms with Crippen LogP contribution in [0.5, 0.6) is 0 Å². The Kier molecular flexibility index (Phi) is 8.51. The Hall–Kier alpha value is -1.55. The van der Waals surface area contributed by atoms with E-state index in [9.17, 15) is 9.59 Å². The number of rotatable bonds is 10. The van der Waals surface area contributed by atoms with Gasteiger partial charge in [-0.05, 0) is 24.5 Å². The topological polar surface area (TPSA) is 66.4 Å². The molecule has 5 heteroatoms. The number of nitrogens with one attached hydrogen (secondary N) is 1. The van der Waals surface area contributed by atoms with Crippen molar-refractivity contribution in [2.45, 2.75) is 44.9 Å². The first-order valence-electron chi connectivity index (χ1n) is 7.31. The first-order chi connectivity index (χ1) is 10.1. The molecule has 0 spiro atoms. The van der Waals surface area contributed by atoms with Gasteiger partial charge in [0.25, 0.3) is 0 Å². The van der Waals surface area contributed by atoms with E-state index in [1.807, 2.05) is 18.2 Å². The summed E-state index contributed by atoms with van der Waals surface area (Å²) in [4.78, 5) is 22.1. The number of carbonyl (C=O) groups is 2. The van der Waals surface area contributed by atoms with Crippen molar-refractivity contribution in [3.8, 4) is 0 Å². The minimum atomic E-state index is -0.734. The molecule has 0 fully saturated rings. The molecule has 0 saturated carbocycles. The molecule has 21 heavy (non-hydrogen) atoms. The molecule has 0 saturated heterocycles. The van der Waals surface area contributed by atoms with E-state index in [2.05, 4.69) is 5.32 Å². The summed E-state index contributed by atoms with van der Waals surface area (Å²) in [6.45, 7) is 0.655. The van der Waals surface area contributed by atoms with Gasteiger partial charge in [0.2, 0.25) is 5.91 Å². The molecule has 0 aliphatic rings. The quantitative estimate of drug-likeness (QED) is 0.651. The van der Waals surface area contributed by atoms with Crippen LogP contribution in [0.3, 0.4) is 0 Å². The number of carbonyl (C=O) groups excluding carboxylic acids is 1. The summed E-state index contributed by atoms with van der Waals surface area (Å²) in [6, 6.07) is 7.34. The van der Waals surface area contributed by atoms with Crippen molar-refractivity contribution in [2.75, 3.05) is 6.54 Å². The first-order valence-corrected chi connectivity index (χ1v) is 7.69. The molecule has 0 aliphatic heterocycles.